The first-order valence-electron chi connectivity index (χ1n) is 7.19. The topological polar surface area (TPSA) is 54.0 Å². The number of hydrogen-bond donors (Lipinski definition) is 2. The molecule has 0 spiro atoms. The van der Waals surface area contributed by atoms with Crippen LogP contribution in [0.2, 0.25) is 5.02 Å². The highest BCUT2D eigenvalue weighted by Crippen LogP contribution is 2.36. The average molecular weight is 358 g/mol. The van der Waals surface area contributed by atoms with Crippen LogP contribution < -0.4 is 10.6 Å². The van der Waals surface area contributed by atoms with Gasteiger partial charge in [-0.1, -0.05) is 18.5 Å². The number of benzene rings is 1. The van der Waals surface area contributed by atoms with Crippen molar-refractivity contribution < 1.29 is 18.0 Å². The molecule has 0 saturated carbocycles. The van der Waals surface area contributed by atoms with Crippen molar-refractivity contribution in [1.82, 2.24) is 4.98 Å². The van der Waals surface area contributed by atoms with Crippen LogP contribution >= 0.6 is 11.6 Å². The summed E-state index contributed by atoms with van der Waals surface area (Å²) in [5.74, 6) is -0.606. The van der Waals surface area contributed by atoms with E-state index >= 15 is 0 Å². The highest BCUT2D eigenvalue weighted by Gasteiger charge is 2.33. The Kier molecular flexibility index (Phi) is 5.66. The van der Waals surface area contributed by atoms with Gasteiger partial charge in [-0.25, -0.2) is 0 Å². The average Bonchev–Trinajstić information content (AvgIpc) is 2.54. The molecule has 4 nitrogen and oxygen atoms in total. The maximum absolute atomic E-state index is 12.8. The van der Waals surface area contributed by atoms with E-state index in [4.69, 9.17) is 11.6 Å². The van der Waals surface area contributed by atoms with E-state index in [0.717, 1.165) is 25.1 Å². The van der Waals surface area contributed by atoms with Crippen molar-refractivity contribution in [3.8, 4) is 0 Å². The molecule has 1 aromatic carbocycles. The van der Waals surface area contributed by atoms with Crippen LogP contribution in [-0.4, -0.2) is 17.4 Å². The predicted molar refractivity (Wildman–Crippen MR) is 87.4 cm³/mol. The molecule has 24 heavy (non-hydrogen) atoms. The van der Waals surface area contributed by atoms with E-state index in [1.165, 1.54) is 18.3 Å². The predicted octanol–water partition coefficient (Wildman–Crippen LogP) is 4.83. The first-order chi connectivity index (χ1) is 11.3. The van der Waals surface area contributed by atoms with Crippen molar-refractivity contribution >= 4 is 28.9 Å². The Labute approximate surface area is 142 Å². The van der Waals surface area contributed by atoms with Crippen LogP contribution in [0.15, 0.2) is 36.5 Å². The lowest BCUT2D eigenvalue weighted by Crippen LogP contribution is -2.15. The molecule has 0 radical (unpaired) electrons. The maximum atomic E-state index is 12.8. The van der Waals surface area contributed by atoms with E-state index in [9.17, 15) is 18.0 Å². The van der Waals surface area contributed by atoms with Gasteiger partial charge >= 0.3 is 6.18 Å². The second kappa shape index (κ2) is 7.53. The third-order valence-corrected chi connectivity index (χ3v) is 3.43. The van der Waals surface area contributed by atoms with Crippen molar-refractivity contribution in [3.63, 3.8) is 0 Å². The van der Waals surface area contributed by atoms with Crippen molar-refractivity contribution in [2.24, 2.45) is 0 Å². The zero-order chi connectivity index (χ0) is 17.7. The summed E-state index contributed by atoms with van der Waals surface area (Å²) in [6.07, 6.45) is -2.23. The minimum absolute atomic E-state index is 0.00885. The molecule has 128 valence electrons. The van der Waals surface area contributed by atoms with Crippen LogP contribution in [0, 0.1) is 0 Å². The number of halogens is 4. The van der Waals surface area contributed by atoms with E-state index in [1.807, 2.05) is 6.92 Å². The molecule has 1 heterocycles. The summed E-state index contributed by atoms with van der Waals surface area (Å²) < 4.78 is 38.5. The summed E-state index contributed by atoms with van der Waals surface area (Å²) in [5.41, 5.74) is -0.206. The number of pyridine rings is 1. The van der Waals surface area contributed by atoms with Gasteiger partial charge in [0.2, 0.25) is 0 Å². The summed E-state index contributed by atoms with van der Waals surface area (Å²) >= 11 is 5.55. The van der Waals surface area contributed by atoms with Crippen LogP contribution in [0.4, 0.5) is 24.5 Å². The second-order valence-corrected chi connectivity index (χ2v) is 5.41. The maximum Gasteiger partial charge on any atom is 0.417 e. The summed E-state index contributed by atoms with van der Waals surface area (Å²) in [6, 6.07) is 6.42. The first-order valence-corrected chi connectivity index (χ1v) is 7.57. The molecular formula is C16H15ClF3N3O. The third kappa shape index (κ3) is 4.61. The molecule has 1 amide bonds. The molecular weight excluding hydrogens is 343 g/mol. The minimum Gasteiger partial charge on any atom is -0.385 e. The number of anilines is 2. The van der Waals surface area contributed by atoms with Crippen LogP contribution in [-0.2, 0) is 6.18 Å². The standard InChI is InChI=1S/C16H15ClF3N3O/c1-2-6-21-10-5-7-22-14(9-10)15(24)23-11-3-4-13(17)12(8-11)16(18,19)20/h3-5,7-9H,2,6H2,1H3,(H,21,22)(H,23,24). The number of aromatic nitrogens is 1. The van der Waals surface area contributed by atoms with Gasteiger partial charge in [-0.3, -0.25) is 9.78 Å². The number of carbonyl (C=O) groups excluding carboxylic acids is 1. The van der Waals surface area contributed by atoms with Crippen LogP contribution in [0.1, 0.15) is 29.4 Å². The van der Waals surface area contributed by atoms with Crippen molar-refractivity contribution in [1.29, 1.82) is 0 Å². The molecule has 0 unspecified atom stereocenters. The Morgan fingerprint density at radius 3 is 2.62 bits per heavy atom. The van der Waals surface area contributed by atoms with Gasteiger partial charge in [-0.15, -0.1) is 0 Å². The molecule has 0 aliphatic rings. The van der Waals surface area contributed by atoms with Crippen molar-refractivity contribution in [2.45, 2.75) is 19.5 Å². The van der Waals surface area contributed by atoms with E-state index in [0.29, 0.717) is 5.69 Å². The highest BCUT2D eigenvalue weighted by molar-refractivity contribution is 6.31. The van der Waals surface area contributed by atoms with Gasteiger partial charge in [0.1, 0.15) is 5.69 Å². The van der Waals surface area contributed by atoms with Gasteiger partial charge in [0, 0.05) is 24.1 Å². The van der Waals surface area contributed by atoms with E-state index in [-0.39, 0.29) is 11.4 Å². The number of rotatable bonds is 5. The largest absolute Gasteiger partial charge is 0.417 e. The van der Waals surface area contributed by atoms with E-state index < -0.39 is 22.7 Å². The van der Waals surface area contributed by atoms with Crippen molar-refractivity contribution in [2.75, 3.05) is 17.2 Å². The zero-order valence-electron chi connectivity index (χ0n) is 12.7. The molecule has 0 bridgehead atoms. The lowest BCUT2D eigenvalue weighted by Gasteiger charge is -2.12. The monoisotopic (exact) mass is 357 g/mol. The second-order valence-electron chi connectivity index (χ2n) is 5.00. The van der Waals surface area contributed by atoms with Gasteiger partial charge in [0.05, 0.1) is 10.6 Å². The number of nitrogens with zero attached hydrogens (tertiary/aromatic N) is 1. The fourth-order valence-corrected chi connectivity index (χ4v) is 2.17. The summed E-state index contributed by atoms with van der Waals surface area (Å²) in [6.45, 7) is 2.73. The van der Waals surface area contributed by atoms with Crippen LogP contribution in [0.3, 0.4) is 0 Å². The molecule has 8 heteroatoms. The fourth-order valence-electron chi connectivity index (χ4n) is 1.95. The lowest BCUT2D eigenvalue weighted by atomic mass is 10.2. The normalized spacial score (nSPS) is 11.2. The van der Waals surface area contributed by atoms with Gasteiger partial charge in [0.25, 0.3) is 5.91 Å². The van der Waals surface area contributed by atoms with E-state index in [1.54, 1.807) is 6.07 Å². The Morgan fingerprint density at radius 2 is 1.96 bits per heavy atom. The Bertz CT molecular complexity index is 735. The molecule has 0 atom stereocenters. The number of hydrogen-bond acceptors (Lipinski definition) is 3. The van der Waals surface area contributed by atoms with Gasteiger partial charge in [0.15, 0.2) is 0 Å². The Morgan fingerprint density at radius 1 is 1.21 bits per heavy atom. The molecule has 0 aliphatic heterocycles. The molecule has 2 aromatic rings. The van der Waals surface area contributed by atoms with E-state index in [2.05, 4.69) is 15.6 Å². The molecule has 1 aromatic heterocycles. The number of carbonyl (C=O) groups is 1. The minimum atomic E-state index is -4.60. The fraction of sp³-hybridized carbons (Fsp3) is 0.250. The lowest BCUT2D eigenvalue weighted by molar-refractivity contribution is -0.137. The Hall–Kier alpha value is -2.28. The number of alkyl halides is 3. The smallest absolute Gasteiger partial charge is 0.385 e. The third-order valence-electron chi connectivity index (χ3n) is 3.10. The number of amides is 1. The summed E-state index contributed by atoms with van der Waals surface area (Å²) in [7, 11) is 0. The zero-order valence-corrected chi connectivity index (χ0v) is 13.5. The summed E-state index contributed by atoms with van der Waals surface area (Å²) in [4.78, 5) is 16.1. The highest BCUT2D eigenvalue weighted by atomic mass is 35.5. The molecule has 0 fully saturated rings. The molecule has 2 rings (SSSR count). The van der Waals surface area contributed by atoms with Gasteiger partial charge < -0.3 is 10.6 Å². The Balaban J connectivity index is 2.18. The molecule has 2 N–H and O–H groups in total. The van der Waals surface area contributed by atoms with Gasteiger partial charge in [-0.05, 0) is 36.8 Å². The van der Waals surface area contributed by atoms with Gasteiger partial charge in [-0.2, -0.15) is 13.2 Å². The number of nitrogens with one attached hydrogen (secondary N) is 2. The van der Waals surface area contributed by atoms with Crippen molar-refractivity contribution in [3.05, 3.63) is 52.8 Å². The molecule has 0 aliphatic carbocycles. The SMILES string of the molecule is CCCNc1ccnc(C(=O)Nc2ccc(Cl)c(C(F)(F)F)c2)c1. The first kappa shape index (κ1) is 18.1. The quantitative estimate of drug-likeness (QED) is 0.806. The van der Waals surface area contributed by atoms with Crippen LogP contribution in [0.5, 0.6) is 0 Å². The van der Waals surface area contributed by atoms with Crippen LogP contribution in [0.25, 0.3) is 0 Å². The summed E-state index contributed by atoms with van der Waals surface area (Å²) in [5, 5.41) is 5.07. The molecule has 0 saturated heterocycles.